The van der Waals surface area contributed by atoms with Crippen molar-refractivity contribution in [3.63, 3.8) is 0 Å². The summed E-state index contributed by atoms with van der Waals surface area (Å²) in [6.07, 6.45) is 1.69. The Kier molecular flexibility index (Phi) is 3.86. The third-order valence-electron chi connectivity index (χ3n) is 3.16. The van der Waals surface area contributed by atoms with E-state index < -0.39 is 0 Å². The molecule has 0 unspecified atom stereocenters. The van der Waals surface area contributed by atoms with Gasteiger partial charge in [0.15, 0.2) is 0 Å². The number of hydrogen-bond acceptors (Lipinski definition) is 5. The summed E-state index contributed by atoms with van der Waals surface area (Å²) in [6.45, 7) is 2.96. The molecule has 1 aromatic carbocycles. The van der Waals surface area contributed by atoms with Crippen LogP contribution < -0.4 is 17.3 Å². The Balaban J connectivity index is 2.14. The van der Waals surface area contributed by atoms with Crippen LogP contribution in [0.5, 0.6) is 0 Å². The fraction of sp³-hybridized carbons (Fsp3) is 0.385. The Bertz CT molecular complexity index is 455. The predicted molar refractivity (Wildman–Crippen MR) is 72.7 cm³/mol. The van der Waals surface area contributed by atoms with Gasteiger partial charge in [0.2, 0.25) is 0 Å². The largest absolute Gasteiger partial charge is 0.400 e. The van der Waals surface area contributed by atoms with Crippen molar-refractivity contribution >= 4 is 0 Å². The van der Waals surface area contributed by atoms with E-state index in [1.165, 1.54) is 16.7 Å². The van der Waals surface area contributed by atoms with Gasteiger partial charge in [-0.2, -0.15) is 0 Å². The highest BCUT2D eigenvalue weighted by molar-refractivity contribution is 5.37. The lowest BCUT2D eigenvalue weighted by Crippen LogP contribution is -2.28. The molecule has 1 aromatic rings. The van der Waals surface area contributed by atoms with Gasteiger partial charge in [0.1, 0.15) is 0 Å². The first-order valence-electron chi connectivity index (χ1n) is 6.06. The summed E-state index contributed by atoms with van der Waals surface area (Å²) in [4.78, 5) is 2.29. The molecule has 6 N–H and O–H groups in total. The second-order valence-electron chi connectivity index (χ2n) is 4.81. The van der Waals surface area contributed by atoms with Gasteiger partial charge in [-0.25, -0.2) is 5.84 Å². The lowest BCUT2D eigenvalue weighted by atomic mass is 10.0. The molecule has 5 nitrogen and oxygen atoms in total. The highest BCUT2D eigenvalue weighted by Crippen LogP contribution is 2.25. The van der Waals surface area contributed by atoms with Crippen LogP contribution in [0, 0.1) is 0 Å². The van der Waals surface area contributed by atoms with E-state index in [9.17, 15) is 0 Å². The van der Waals surface area contributed by atoms with Crippen molar-refractivity contribution in [3.8, 4) is 0 Å². The third-order valence-corrected chi connectivity index (χ3v) is 3.16. The van der Waals surface area contributed by atoms with Gasteiger partial charge in [-0.15, -0.1) is 0 Å². The van der Waals surface area contributed by atoms with Crippen molar-refractivity contribution in [1.29, 1.82) is 0 Å². The minimum absolute atomic E-state index is 0.323. The molecule has 18 heavy (non-hydrogen) atoms. The molecule has 2 rings (SSSR count). The highest BCUT2D eigenvalue weighted by Gasteiger charge is 2.18. The van der Waals surface area contributed by atoms with Gasteiger partial charge >= 0.3 is 0 Å². The fourth-order valence-electron chi connectivity index (χ4n) is 2.31. The molecule has 0 atom stereocenters. The molecule has 0 aromatic heterocycles. The molecule has 0 aliphatic carbocycles. The normalized spacial score (nSPS) is 15.8. The van der Waals surface area contributed by atoms with Crippen molar-refractivity contribution in [2.24, 2.45) is 17.3 Å². The second kappa shape index (κ2) is 5.39. The zero-order valence-corrected chi connectivity index (χ0v) is 10.8. The van der Waals surface area contributed by atoms with Crippen molar-refractivity contribution in [2.75, 3.05) is 13.6 Å². The average molecular weight is 247 g/mol. The van der Waals surface area contributed by atoms with E-state index in [2.05, 4.69) is 30.1 Å². The number of hydrogen-bond donors (Lipinski definition) is 3. The average Bonchev–Trinajstić information content (AvgIpc) is 2.70. The maximum atomic E-state index is 5.92. The van der Waals surface area contributed by atoms with Crippen LogP contribution in [-0.4, -0.2) is 23.5 Å². The van der Waals surface area contributed by atoms with E-state index >= 15 is 0 Å². The minimum Gasteiger partial charge on any atom is -0.400 e. The summed E-state index contributed by atoms with van der Waals surface area (Å²) in [5, 5.41) is 1.59. The SMILES string of the molecule is CN1Cc2cccc(CN(N)/C=C(\N)CN)c2C1. The van der Waals surface area contributed by atoms with Crippen LogP contribution in [0.25, 0.3) is 0 Å². The van der Waals surface area contributed by atoms with Crippen molar-refractivity contribution in [3.05, 3.63) is 46.8 Å². The van der Waals surface area contributed by atoms with Crippen LogP contribution in [0.2, 0.25) is 0 Å². The Hall–Kier alpha value is -1.56. The maximum Gasteiger partial charge on any atom is 0.0589 e. The first kappa shape index (κ1) is 12.9. The predicted octanol–water partition coefficient (Wildman–Crippen LogP) is 0.0665. The molecule has 1 aliphatic heterocycles. The van der Waals surface area contributed by atoms with E-state index in [1.807, 2.05) is 0 Å². The lowest BCUT2D eigenvalue weighted by molar-refractivity contribution is 0.348. The van der Waals surface area contributed by atoms with Gasteiger partial charge in [-0.1, -0.05) is 18.2 Å². The number of nitrogens with two attached hydrogens (primary N) is 3. The van der Waals surface area contributed by atoms with Gasteiger partial charge in [0, 0.05) is 31.5 Å². The summed E-state index contributed by atoms with van der Waals surface area (Å²) in [5.74, 6) is 5.92. The zero-order valence-electron chi connectivity index (χ0n) is 10.8. The summed E-state index contributed by atoms with van der Waals surface area (Å²) in [5.41, 5.74) is 15.7. The zero-order chi connectivity index (χ0) is 13.1. The topological polar surface area (TPSA) is 84.5 Å². The summed E-state index contributed by atoms with van der Waals surface area (Å²) in [6, 6.07) is 6.37. The minimum atomic E-state index is 0.323. The van der Waals surface area contributed by atoms with Gasteiger partial charge in [-0.05, 0) is 23.7 Å². The van der Waals surface area contributed by atoms with E-state index in [-0.39, 0.29) is 0 Å². The molecule has 1 aliphatic rings. The van der Waals surface area contributed by atoms with Crippen molar-refractivity contribution in [2.45, 2.75) is 19.6 Å². The molecule has 0 saturated heterocycles. The number of rotatable bonds is 4. The standard InChI is InChI=1S/C13H21N5/c1-17-6-10-3-2-4-11(13(10)9-17)7-18(16)8-12(15)5-14/h2-4,8H,5-7,9,14-16H2,1H3/b12-8-. The quantitative estimate of drug-likeness (QED) is 0.518. The molecular formula is C13H21N5. The second-order valence-corrected chi connectivity index (χ2v) is 4.81. The third kappa shape index (κ3) is 2.81. The first-order chi connectivity index (χ1) is 8.60. The Morgan fingerprint density at radius 2 is 2.22 bits per heavy atom. The van der Waals surface area contributed by atoms with Crippen LogP contribution in [0.4, 0.5) is 0 Å². The summed E-state index contributed by atoms with van der Waals surface area (Å²) in [7, 11) is 2.12. The van der Waals surface area contributed by atoms with Crippen LogP contribution in [0.15, 0.2) is 30.1 Å². The number of nitrogens with zero attached hydrogens (tertiary/aromatic N) is 2. The van der Waals surface area contributed by atoms with Gasteiger partial charge in [-0.3, -0.25) is 4.90 Å². The number of fused-ring (bicyclic) bond motifs is 1. The van der Waals surface area contributed by atoms with Gasteiger partial charge in [0.05, 0.1) is 6.54 Å². The molecule has 0 saturated carbocycles. The van der Waals surface area contributed by atoms with Crippen LogP contribution in [-0.2, 0) is 19.6 Å². The molecule has 0 fully saturated rings. The molecule has 0 bridgehead atoms. The van der Waals surface area contributed by atoms with E-state index in [1.54, 1.807) is 11.2 Å². The van der Waals surface area contributed by atoms with Crippen LogP contribution in [0.3, 0.4) is 0 Å². The maximum absolute atomic E-state index is 5.92. The van der Waals surface area contributed by atoms with Gasteiger partial charge in [0.25, 0.3) is 0 Å². The number of hydrazine groups is 1. The van der Waals surface area contributed by atoms with Crippen LogP contribution >= 0.6 is 0 Å². The van der Waals surface area contributed by atoms with Crippen LogP contribution in [0.1, 0.15) is 16.7 Å². The van der Waals surface area contributed by atoms with Crippen molar-refractivity contribution in [1.82, 2.24) is 9.91 Å². The summed E-state index contributed by atoms with van der Waals surface area (Å²) >= 11 is 0. The highest BCUT2D eigenvalue weighted by atomic mass is 15.4. The fourth-order valence-corrected chi connectivity index (χ4v) is 2.31. The molecule has 0 amide bonds. The molecule has 1 heterocycles. The Morgan fingerprint density at radius 1 is 1.44 bits per heavy atom. The molecule has 98 valence electrons. The molecule has 5 heteroatoms. The number of benzene rings is 1. The van der Waals surface area contributed by atoms with E-state index in [0.717, 1.165) is 13.1 Å². The van der Waals surface area contributed by atoms with E-state index in [4.69, 9.17) is 17.3 Å². The van der Waals surface area contributed by atoms with Gasteiger partial charge < -0.3 is 16.5 Å². The monoisotopic (exact) mass is 247 g/mol. The first-order valence-corrected chi connectivity index (χ1v) is 6.06. The smallest absolute Gasteiger partial charge is 0.0589 e. The summed E-state index contributed by atoms with van der Waals surface area (Å²) < 4.78 is 0. The molecular weight excluding hydrogens is 226 g/mol. The van der Waals surface area contributed by atoms with E-state index in [0.29, 0.717) is 18.8 Å². The molecule has 0 radical (unpaired) electrons. The Labute approximate surface area is 108 Å². The Morgan fingerprint density at radius 3 is 2.94 bits per heavy atom. The van der Waals surface area contributed by atoms with Crippen molar-refractivity contribution < 1.29 is 0 Å². The lowest BCUT2D eigenvalue weighted by Gasteiger charge is -2.17. The molecule has 0 spiro atoms.